The third kappa shape index (κ3) is 5.52. The molecule has 0 aliphatic heterocycles. The number of amides is 1. The maximum atomic E-state index is 12.3. The number of hydrogen-bond donors (Lipinski definition) is 1. The summed E-state index contributed by atoms with van der Waals surface area (Å²) in [5.74, 6) is 1.26. The number of ether oxygens (including phenoxy) is 1. The van der Waals surface area contributed by atoms with E-state index in [1.54, 1.807) is 24.3 Å². The van der Waals surface area contributed by atoms with Crippen LogP contribution >= 0.6 is 11.5 Å². The van der Waals surface area contributed by atoms with Gasteiger partial charge in [-0.15, -0.1) is 0 Å². The lowest BCUT2D eigenvalue weighted by atomic mass is 10.1. The molecule has 0 aliphatic carbocycles. The van der Waals surface area contributed by atoms with Crippen LogP contribution in [0.15, 0.2) is 84.9 Å². The molecule has 0 spiro atoms. The quantitative estimate of drug-likeness (QED) is 0.445. The maximum Gasteiger partial charge on any atom is 0.298 e. The minimum absolute atomic E-state index is 0.0986. The summed E-state index contributed by atoms with van der Waals surface area (Å²) in [6, 6.07) is 27.2. The number of aromatic nitrogens is 2. The van der Waals surface area contributed by atoms with Gasteiger partial charge >= 0.3 is 0 Å². The first-order valence-electron chi connectivity index (χ1n) is 9.73. The van der Waals surface area contributed by atoms with Crippen LogP contribution in [0.2, 0.25) is 0 Å². The number of hydrogen-bond acceptors (Lipinski definition) is 5. The van der Waals surface area contributed by atoms with E-state index in [2.05, 4.69) is 26.8 Å². The minimum Gasteiger partial charge on any atom is -0.430 e. The van der Waals surface area contributed by atoms with E-state index in [-0.39, 0.29) is 5.91 Å². The van der Waals surface area contributed by atoms with Crippen LogP contribution in [0.3, 0.4) is 0 Å². The van der Waals surface area contributed by atoms with Crippen molar-refractivity contribution >= 4 is 17.4 Å². The summed E-state index contributed by atoms with van der Waals surface area (Å²) in [6.45, 7) is 0.593. The van der Waals surface area contributed by atoms with E-state index in [1.165, 1.54) is 17.1 Å². The van der Waals surface area contributed by atoms with Gasteiger partial charge in [0.1, 0.15) is 5.75 Å². The average molecular weight is 416 g/mol. The third-order valence-corrected chi connectivity index (χ3v) is 5.15. The molecule has 0 unspecified atom stereocenters. The first-order chi connectivity index (χ1) is 14.8. The number of rotatable bonds is 8. The first kappa shape index (κ1) is 19.8. The molecule has 0 atom stereocenters. The lowest BCUT2D eigenvalue weighted by molar-refractivity contribution is 0.0954. The molecule has 0 aliphatic rings. The number of carbonyl (C=O) groups excluding carboxylic acids is 1. The van der Waals surface area contributed by atoms with Crippen molar-refractivity contribution in [1.82, 2.24) is 14.7 Å². The molecule has 0 bridgehead atoms. The lowest BCUT2D eigenvalue weighted by Crippen LogP contribution is -2.25. The van der Waals surface area contributed by atoms with E-state index >= 15 is 0 Å². The molecule has 1 N–H and O–H groups in total. The molecule has 1 heterocycles. The molecular weight excluding hydrogens is 394 g/mol. The molecule has 1 amide bonds. The first-order valence-corrected chi connectivity index (χ1v) is 10.5. The summed E-state index contributed by atoms with van der Waals surface area (Å²) < 4.78 is 10.1. The number of nitrogens with one attached hydrogen (secondary N) is 1. The smallest absolute Gasteiger partial charge is 0.298 e. The van der Waals surface area contributed by atoms with Crippen molar-refractivity contribution in [3.8, 4) is 10.9 Å². The Kier molecular flexibility index (Phi) is 6.47. The fourth-order valence-electron chi connectivity index (χ4n) is 2.97. The summed E-state index contributed by atoms with van der Waals surface area (Å²) >= 11 is 1.22. The maximum absolute atomic E-state index is 12.3. The Hall–Kier alpha value is -3.51. The monoisotopic (exact) mass is 415 g/mol. The Morgan fingerprint density at radius 3 is 2.23 bits per heavy atom. The van der Waals surface area contributed by atoms with E-state index in [9.17, 15) is 4.79 Å². The van der Waals surface area contributed by atoms with Crippen molar-refractivity contribution in [3.05, 3.63) is 107 Å². The van der Waals surface area contributed by atoms with Crippen molar-refractivity contribution in [3.63, 3.8) is 0 Å². The highest BCUT2D eigenvalue weighted by Gasteiger charge is 2.09. The van der Waals surface area contributed by atoms with Gasteiger partial charge in [0.15, 0.2) is 5.82 Å². The van der Waals surface area contributed by atoms with Crippen LogP contribution in [0, 0.1) is 0 Å². The van der Waals surface area contributed by atoms with Crippen molar-refractivity contribution in [2.45, 2.75) is 12.8 Å². The highest BCUT2D eigenvalue weighted by molar-refractivity contribution is 7.07. The van der Waals surface area contributed by atoms with Gasteiger partial charge in [0.05, 0.1) is 0 Å². The Morgan fingerprint density at radius 1 is 0.867 bits per heavy atom. The van der Waals surface area contributed by atoms with Crippen LogP contribution in [-0.4, -0.2) is 21.8 Å². The van der Waals surface area contributed by atoms with Gasteiger partial charge in [0.2, 0.25) is 0 Å². The van der Waals surface area contributed by atoms with Crippen molar-refractivity contribution < 1.29 is 9.53 Å². The molecular formula is C24H21N3O2S. The highest BCUT2D eigenvalue weighted by Crippen LogP contribution is 2.24. The van der Waals surface area contributed by atoms with Crippen LogP contribution in [0.5, 0.6) is 10.9 Å². The fourth-order valence-corrected chi connectivity index (χ4v) is 3.54. The zero-order valence-corrected chi connectivity index (χ0v) is 17.1. The molecule has 150 valence electrons. The van der Waals surface area contributed by atoms with Crippen LogP contribution in [0.1, 0.15) is 27.3 Å². The molecule has 0 saturated carbocycles. The number of benzene rings is 3. The number of carbonyl (C=O) groups is 1. The summed E-state index contributed by atoms with van der Waals surface area (Å²) in [4.78, 5) is 16.7. The van der Waals surface area contributed by atoms with Gasteiger partial charge in [0.25, 0.3) is 11.1 Å². The van der Waals surface area contributed by atoms with Gasteiger partial charge < -0.3 is 10.1 Å². The Morgan fingerprint density at radius 2 is 1.53 bits per heavy atom. The van der Waals surface area contributed by atoms with Gasteiger partial charge in [-0.1, -0.05) is 60.7 Å². The largest absolute Gasteiger partial charge is 0.430 e. The average Bonchev–Trinajstić information content (AvgIpc) is 3.22. The standard InChI is InChI=1S/C24H21N3O2S/c28-23(25-16-15-18-7-3-1-4-8-18)20-11-13-21(14-12-20)29-24-26-22(27-30-24)17-19-9-5-2-6-10-19/h1-14H,15-17H2,(H,25,28). The molecule has 6 heteroatoms. The summed E-state index contributed by atoms with van der Waals surface area (Å²) in [6.07, 6.45) is 1.47. The highest BCUT2D eigenvalue weighted by atomic mass is 32.1. The van der Waals surface area contributed by atoms with E-state index in [4.69, 9.17) is 4.74 Å². The van der Waals surface area contributed by atoms with Gasteiger partial charge in [-0.25, -0.2) is 0 Å². The normalized spacial score (nSPS) is 10.5. The molecule has 4 aromatic rings. The van der Waals surface area contributed by atoms with E-state index in [1.807, 2.05) is 48.5 Å². The summed E-state index contributed by atoms with van der Waals surface area (Å²) in [5.41, 5.74) is 2.95. The Balaban J connectivity index is 1.28. The molecule has 5 nitrogen and oxygen atoms in total. The van der Waals surface area contributed by atoms with Gasteiger partial charge in [0, 0.05) is 30.1 Å². The lowest BCUT2D eigenvalue weighted by Gasteiger charge is -2.06. The van der Waals surface area contributed by atoms with Crippen LogP contribution < -0.4 is 10.1 Å². The molecule has 0 saturated heterocycles. The van der Waals surface area contributed by atoms with Crippen molar-refractivity contribution in [2.24, 2.45) is 0 Å². The van der Waals surface area contributed by atoms with Crippen LogP contribution in [-0.2, 0) is 12.8 Å². The van der Waals surface area contributed by atoms with E-state index < -0.39 is 0 Å². The van der Waals surface area contributed by atoms with Crippen LogP contribution in [0.25, 0.3) is 0 Å². The second-order valence-electron chi connectivity index (χ2n) is 6.76. The van der Waals surface area contributed by atoms with Crippen molar-refractivity contribution in [2.75, 3.05) is 6.54 Å². The second-order valence-corrected chi connectivity index (χ2v) is 7.47. The summed E-state index contributed by atoms with van der Waals surface area (Å²) in [7, 11) is 0. The topological polar surface area (TPSA) is 64.1 Å². The molecule has 1 aromatic heterocycles. The van der Waals surface area contributed by atoms with Crippen LogP contribution in [0.4, 0.5) is 0 Å². The van der Waals surface area contributed by atoms with E-state index in [0.29, 0.717) is 29.5 Å². The minimum atomic E-state index is -0.0986. The second kappa shape index (κ2) is 9.80. The molecule has 3 aromatic carbocycles. The molecule has 30 heavy (non-hydrogen) atoms. The van der Waals surface area contributed by atoms with E-state index in [0.717, 1.165) is 17.8 Å². The number of nitrogens with zero attached hydrogens (tertiary/aromatic N) is 2. The Labute approximate surface area is 179 Å². The molecule has 4 rings (SSSR count). The predicted octanol–water partition coefficient (Wildman–Crippen LogP) is 4.89. The Bertz CT molecular complexity index is 1080. The zero-order valence-electron chi connectivity index (χ0n) is 16.3. The SMILES string of the molecule is O=C(NCCc1ccccc1)c1ccc(Oc2nc(Cc3ccccc3)ns2)cc1. The summed E-state index contributed by atoms with van der Waals surface area (Å²) in [5, 5.41) is 3.43. The molecule has 0 fully saturated rings. The fraction of sp³-hybridized carbons (Fsp3) is 0.125. The van der Waals surface area contributed by atoms with Gasteiger partial charge in [-0.05, 0) is 41.8 Å². The van der Waals surface area contributed by atoms with Gasteiger partial charge in [-0.3, -0.25) is 4.79 Å². The van der Waals surface area contributed by atoms with Gasteiger partial charge in [-0.2, -0.15) is 9.36 Å². The third-order valence-electron chi connectivity index (χ3n) is 4.52. The predicted molar refractivity (Wildman–Crippen MR) is 118 cm³/mol. The van der Waals surface area contributed by atoms with Crippen molar-refractivity contribution in [1.29, 1.82) is 0 Å². The zero-order chi connectivity index (χ0) is 20.6. The molecule has 0 radical (unpaired) electrons.